The fourth-order valence-corrected chi connectivity index (χ4v) is 1.49. The Hall–Kier alpha value is -2.31. The number of nitro benzene ring substituents is 1. The van der Waals surface area contributed by atoms with Crippen molar-refractivity contribution in [1.82, 2.24) is 0 Å². The summed E-state index contributed by atoms with van der Waals surface area (Å²) in [7, 11) is 1.36. The molecule has 0 aliphatic rings. The Balaban J connectivity index is 2.65. The molecule has 0 aliphatic carbocycles. The minimum absolute atomic E-state index is 0.105. The van der Waals surface area contributed by atoms with Crippen molar-refractivity contribution in [3.8, 4) is 5.75 Å². The molecular formula is C12H16N2O5. The number of anilines is 1. The minimum atomic E-state index is -0.844. The van der Waals surface area contributed by atoms with Gasteiger partial charge in [0.1, 0.15) is 0 Å². The molecule has 0 saturated carbocycles. The quantitative estimate of drug-likeness (QED) is 0.580. The fraction of sp³-hybridized carbons (Fsp3) is 0.417. The maximum atomic E-state index is 10.7. The Labute approximate surface area is 110 Å². The van der Waals surface area contributed by atoms with Gasteiger partial charge in [0.2, 0.25) is 0 Å². The van der Waals surface area contributed by atoms with Gasteiger partial charge in [-0.1, -0.05) is 6.92 Å². The third kappa shape index (κ3) is 4.13. The van der Waals surface area contributed by atoms with Gasteiger partial charge in [0.25, 0.3) is 0 Å². The Kier molecular flexibility index (Phi) is 5.11. The number of carboxylic acids is 1. The van der Waals surface area contributed by atoms with Gasteiger partial charge in [-0.05, 0) is 12.5 Å². The second kappa shape index (κ2) is 6.58. The van der Waals surface area contributed by atoms with Crippen molar-refractivity contribution in [2.75, 3.05) is 19.0 Å². The molecule has 2 N–H and O–H groups in total. The molecule has 0 aromatic heterocycles. The van der Waals surface area contributed by atoms with E-state index in [0.717, 1.165) is 0 Å². The van der Waals surface area contributed by atoms with Crippen LogP contribution in [0.25, 0.3) is 0 Å². The van der Waals surface area contributed by atoms with Gasteiger partial charge in [-0.15, -0.1) is 0 Å². The monoisotopic (exact) mass is 268 g/mol. The highest BCUT2D eigenvalue weighted by Crippen LogP contribution is 2.29. The van der Waals surface area contributed by atoms with Crippen molar-refractivity contribution in [1.29, 1.82) is 0 Å². The lowest BCUT2D eigenvalue weighted by molar-refractivity contribution is -0.385. The van der Waals surface area contributed by atoms with Crippen LogP contribution >= 0.6 is 0 Å². The molecule has 0 fully saturated rings. The largest absolute Gasteiger partial charge is 0.490 e. The molecule has 0 amide bonds. The van der Waals surface area contributed by atoms with Crippen LogP contribution in [0.3, 0.4) is 0 Å². The van der Waals surface area contributed by atoms with E-state index < -0.39 is 16.8 Å². The average Bonchev–Trinajstić information content (AvgIpc) is 2.37. The Morgan fingerprint density at radius 2 is 2.26 bits per heavy atom. The van der Waals surface area contributed by atoms with Crippen LogP contribution < -0.4 is 10.1 Å². The lowest BCUT2D eigenvalue weighted by Crippen LogP contribution is -2.14. The van der Waals surface area contributed by atoms with Crippen molar-refractivity contribution >= 4 is 17.3 Å². The third-order valence-electron chi connectivity index (χ3n) is 2.70. The molecule has 1 unspecified atom stereocenters. The first-order valence-electron chi connectivity index (χ1n) is 5.74. The van der Waals surface area contributed by atoms with Gasteiger partial charge in [0, 0.05) is 24.4 Å². The number of carbonyl (C=O) groups is 1. The first kappa shape index (κ1) is 14.7. The predicted octanol–water partition coefficient (Wildman–Crippen LogP) is 2.13. The zero-order valence-corrected chi connectivity index (χ0v) is 10.8. The Morgan fingerprint density at radius 3 is 2.79 bits per heavy atom. The zero-order valence-electron chi connectivity index (χ0n) is 10.8. The molecule has 19 heavy (non-hydrogen) atoms. The van der Waals surface area contributed by atoms with E-state index in [1.54, 1.807) is 13.0 Å². The van der Waals surface area contributed by atoms with E-state index in [1.807, 2.05) is 0 Å². The Bertz CT molecular complexity index is 475. The normalized spacial score (nSPS) is 11.7. The van der Waals surface area contributed by atoms with Gasteiger partial charge < -0.3 is 15.2 Å². The van der Waals surface area contributed by atoms with Crippen LogP contribution in [0.5, 0.6) is 5.75 Å². The Morgan fingerprint density at radius 1 is 1.58 bits per heavy atom. The molecular weight excluding hydrogens is 252 g/mol. The number of ether oxygens (including phenoxy) is 1. The summed E-state index contributed by atoms with van der Waals surface area (Å²) in [5, 5.41) is 22.5. The zero-order chi connectivity index (χ0) is 14.4. The van der Waals surface area contributed by atoms with Crippen LogP contribution in [0.4, 0.5) is 11.4 Å². The highest BCUT2D eigenvalue weighted by molar-refractivity contribution is 5.69. The van der Waals surface area contributed by atoms with E-state index in [9.17, 15) is 14.9 Å². The molecule has 104 valence electrons. The van der Waals surface area contributed by atoms with Gasteiger partial charge in [-0.3, -0.25) is 14.9 Å². The average molecular weight is 268 g/mol. The molecule has 1 atom stereocenters. The molecule has 1 aromatic rings. The van der Waals surface area contributed by atoms with E-state index >= 15 is 0 Å². The molecule has 0 spiro atoms. The van der Waals surface area contributed by atoms with Crippen LogP contribution in [0.1, 0.15) is 13.3 Å². The first-order chi connectivity index (χ1) is 8.95. The molecule has 7 nitrogen and oxygen atoms in total. The van der Waals surface area contributed by atoms with Crippen LogP contribution in [0.2, 0.25) is 0 Å². The summed E-state index contributed by atoms with van der Waals surface area (Å²) in [4.78, 5) is 20.8. The number of hydrogen-bond donors (Lipinski definition) is 2. The van der Waals surface area contributed by atoms with Crippen molar-refractivity contribution in [2.45, 2.75) is 13.3 Å². The van der Waals surface area contributed by atoms with Crippen LogP contribution in [-0.2, 0) is 4.79 Å². The number of methoxy groups -OCH3 is 1. The number of rotatable bonds is 7. The molecule has 7 heteroatoms. The number of nitro groups is 1. The van der Waals surface area contributed by atoms with Crippen molar-refractivity contribution in [3.63, 3.8) is 0 Å². The number of benzene rings is 1. The second-order valence-corrected chi connectivity index (χ2v) is 4.10. The number of nitrogens with zero attached hydrogens (tertiary/aromatic N) is 1. The van der Waals surface area contributed by atoms with Crippen molar-refractivity contribution < 1.29 is 19.6 Å². The van der Waals surface area contributed by atoms with Crippen molar-refractivity contribution in [2.24, 2.45) is 5.92 Å². The SMILES string of the molecule is COc1cc(NCCC(C)C(=O)O)ccc1[N+](=O)[O-]. The molecule has 0 radical (unpaired) electrons. The van der Waals surface area contributed by atoms with Gasteiger partial charge in [-0.2, -0.15) is 0 Å². The molecule has 0 bridgehead atoms. The molecule has 0 saturated heterocycles. The first-order valence-corrected chi connectivity index (χ1v) is 5.74. The highest BCUT2D eigenvalue weighted by atomic mass is 16.6. The fourth-order valence-electron chi connectivity index (χ4n) is 1.49. The summed E-state index contributed by atoms with van der Waals surface area (Å²) in [6.45, 7) is 2.09. The van der Waals surface area contributed by atoms with E-state index in [4.69, 9.17) is 9.84 Å². The van der Waals surface area contributed by atoms with E-state index in [-0.39, 0.29) is 11.4 Å². The predicted molar refractivity (Wildman–Crippen MR) is 69.6 cm³/mol. The number of carboxylic acid groups (broad SMARTS) is 1. The van der Waals surface area contributed by atoms with E-state index in [2.05, 4.69) is 5.32 Å². The van der Waals surface area contributed by atoms with Gasteiger partial charge in [0.15, 0.2) is 5.75 Å². The third-order valence-corrected chi connectivity index (χ3v) is 2.70. The number of aliphatic carboxylic acids is 1. The van der Waals surface area contributed by atoms with Gasteiger partial charge in [-0.25, -0.2) is 0 Å². The molecule has 0 heterocycles. The lowest BCUT2D eigenvalue weighted by Gasteiger charge is -2.10. The molecule has 1 aromatic carbocycles. The van der Waals surface area contributed by atoms with Crippen LogP contribution in [0.15, 0.2) is 18.2 Å². The van der Waals surface area contributed by atoms with E-state index in [1.165, 1.54) is 19.2 Å². The summed E-state index contributed by atoms with van der Waals surface area (Å²) in [6, 6.07) is 4.43. The van der Waals surface area contributed by atoms with Gasteiger partial charge in [0.05, 0.1) is 18.0 Å². The lowest BCUT2D eigenvalue weighted by atomic mass is 10.1. The number of nitrogens with one attached hydrogen (secondary N) is 1. The smallest absolute Gasteiger partial charge is 0.311 e. The van der Waals surface area contributed by atoms with Crippen LogP contribution in [-0.4, -0.2) is 29.7 Å². The molecule has 1 rings (SSSR count). The van der Waals surface area contributed by atoms with Gasteiger partial charge >= 0.3 is 11.7 Å². The maximum Gasteiger partial charge on any atom is 0.311 e. The van der Waals surface area contributed by atoms with Crippen LogP contribution in [0, 0.1) is 16.0 Å². The summed E-state index contributed by atoms with van der Waals surface area (Å²) in [5.41, 5.74) is 0.548. The topological polar surface area (TPSA) is 102 Å². The number of hydrogen-bond acceptors (Lipinski definition) is 5. The summed E-state index contributed by atoms with van der Waals surface area (Å²) >= 11 is 0. The highest BCUT2D eigenvalue weighted by Gasteiger charge is 2.15. The molecule has 0 aliphatic heterocycles. The standard InChI is InChI=1S/C12H16N2O5/c1-8(12(15)16)5-6-13-9-3-4-10(14(17)18)11(7-9)19-2/h3-4,7-8,13H,5-6H2,1-2H3,(H,15,16). The van der Waals surface area contributed by atoms with Crippen molar-refractivity contribution in [3.05, 3.63) is 28.3 Å². The summed E-state index contributed by atoms with van der Waals surface area (Å²) < 4.78 is 4.94. The summed E-state index contributed by atoms with van der Waals surface area (Å²) in [6.07, 6.45) is 0.467. The maximum absolute atomic E-state index is 10.7. The summed E-state index contributed by atoms with van der Waals surface area (Å²) in [5.74, 6) is -1.11. The van der Waals surface area contributed by atoms with E-state index in [0.29, 0.717) is 18.7 Å². The second-order valence-electron chi connectivity index (χ2n) is 4.10. The minimum Gasteiger partial charge on any atom is -0.490 e.